The average Bonchev–Trinajstić information content (AvgIpc) is 2.29. The third kappa shape index (κ3) is 1.84. The Balaban J connectivity index is 2.77. The molecule has 6 heteroatoms. The molecule has 0 fully saturated rings. The van der Waals surface area contributed by atoms with Crippen molar-refractivity contribution < 1.29 is 9.50 Å². The zero-order valence-electron chi connectivity index (χ0n) is 8.92. The molecule has 1 N–H and O–H groups in total. The smallest absolute Gasteiger partial charge is 0.338 e. The molecule has 0 saturated carbocycles. The van der Waals surface area contributed by atoms with Gasteiger partial charge in [0.2, 0.25) is 0 Å². The maximum absolute atomic E-state index is 12.7. The molecule has 1 aromatic carbocycles. The molecule has 0 atom stereocenters. The minimum absolute atomic E-state index is 0.247. The lowest BCUT2D eigenvalue weighted by Crippen LogP contribution is -2.36. The third-order valence-electron chi connectivity index (χ3n) is 2.38. The first-order valence-corrected chi connectivity index (χ1v) is 4.78. The Bertz CT molecular complexity index is 671. The van der Waals surface area contributed by atoms with Gasteiger partial charge in [0.05, 0.1) is 11.8 Å². The minimum atomic E-state index is -0.693. The molecule has 0 aliphatic heterocycles. The van der Waals surface area contributed by atoms with Crippen LogP contribution >= 0.6 is 0 Å². The van der Waals surface area contributed by atoms with Crippen LogP contribution in [-0.4, -0.2) is 14.2 Å². The van der Waals surface area contributed by atoms with Crippen LogP contribution in [-0.2, 0) is 7.05 Å². The van der Waals surface area contributed by atoms with Crippen LogP contribution in [0, 0.1) is 5.82 Å². The number of nitrogens with zero attached hydrogens (tertiary/aromatic N) is 2. The summed E-state index contributed by atoms with van der Waals surface area (Å²) in [5.74, 6) is -0.879. The average molecular weight is 236 g/mol. The van der Waals surface area contributed by atoms with Gasteiger partial charge in [0, 0.05) is 7.05 Å². The Labute approximate surface area is 95.0 Å². The Morgan fingerprint density at radius 3 is 2.35 bits per heavy atom. The van der Waals surface area contributed by atoms with Gasteiger partial charge in [-0.05, 0) is 24.3 Å². The number of hydrogen-bond donors (Lipinski definition) is 1. The summed E-state index contributed by atoms with van der Waals surface area (Å²) < 4.78 is 14.5. The molecule has 0 bridgehead atoms. The highest BCUT2D eigenvalue weighted by Gasteiger charge is 2.09. The van der Waals surface area contributed by atoms with Gasteiger partial charge in [-0.15, -0.1) is 0 Å². The first kappa shape index (κ1) is 11.1. The number of aromatic hydroxyl groups is 1. The van der Waals surface area contributed by atoms with E-state index < -0.39 is 22.9 Å². The van der Waals surface area contributed by atoms with Gasteiger partial charge >= 0.3 is 5.69 Å². The summed E-state index contributed by atoms with van der Waals surface area (Å²) in [5, 5.41) is 9.29. The first-order chi connectivity index (χ1) is 8.00. The molecule has 0 radical (unpaired) electrons. The van der Waals surface area contributed by atoms with E-state index in [1.165, 1.54) is 19.2 Å². The molecule has 88 valence electrons. The number of rotatable bonds is 1. The lowest BCUT2D eigenvalue weighted by Gasteiger charge is -2.07. The number of benzene rings is 1. The van der Waals surface area contributed by atoms with E-state index in [4.69, 9.17) is 0 Å². The molecule has 2 aromatic rings. The molecular formula is C11H9FN2O3. The Hall–Kier alpha value is -2.37. The van der Waals surface area contributed by atoms with Crippen molar-refractivity contribution in [1.82, 2.24) is 9.13 Å². The van der Waals surface area contributed by atoms with Crippen LogP contribution in [0.25, 0.3) is 5.69 Å². The maximum Gasteiger partial charge on any atom is 0.338 e. The van der Waals surface area contributed by atoms with E-state index in [-0.39, 0.29) is 5.69 Å². The predicted octanol–water partition coefficient (Wildman–Crippen LogP) is 0.381. The fraction of sp³-hybridized carbons (Fsp3) is 0.0909. The van der Waals surface area contributed by atoms with Gasteiger partial charge in [-0.25, -0.2) is 13.8 Å². The van der Waals surface area contributed by atoms with E-state index in [1.807, 2.05) is 0 Å². The fourth-order valence-electron chi connectivity index (χ4n) is 1.44. The number of halogens is 1. The van der Waals surface area contributed by atoms with Crippen molar-refractivity contribution in [2.24, 2.45) is 7.05 Å². The lowest BCUT2D eigenvalue weighted by molar-refractivity contribution is 0.414. The van der Waals surface area contributed by atoms with E-state index in [9.17, 15) is 19.1 Å². The van der Waals surface area contributed by atoms with Gasteiger partial charge in [0.1, 0.15) is 5.82 Å². The van der Waals surface area contributed by atoms with Crippen LogP contribution in [0.5, 0.6) is 5.88 Å². The van der Waals surface area contributed by atoms with Crippen molar-refractivity contribution in [3.8, 4) is 11.6 Å². The van der Waals surface area contributed by atoms with Crippen LogP contribution < -0.4 is 11.2 Å². The Kier molecular flexibility index (Phi) is 2.55. The summed E-state index contributed by atoms with van der Waals surface area (Å²) in [4.78, 5) is 23.4. The number of hydrogen-bond acceptors (Lipinski definition) is 3. The topological polar surface area (TPSA) is 64.2 Å². The molecule has 0 saturated heterocycles. The highest BCUT2D eigenvalue weighted by atomic mass is 19.1. The molecule has 0 unspecified atom stereocenters. The largest absolute Gasteiger partial charge is 0.494 e. The minimum Gasteiger partial charge on any atom is -0.494 e. The fourth-order valence-corrected chi connectivity index (χ4v) is 1.44. The Morgan fingerprint density at radius 1 is 1.18 bits per heavy atom. The summed E-state index contributed by atoms with van der Waals surface area (Å²) in [6.07, 6.45) is 0. The molecule has 2 rings (SSSR count). The van der Waals surface area contributed by atoms with Gasteiger partial charge < -0.3 is 5.11 Å². The molecule has 0 aliphatic carbocycles. The lowest BCUT2D eigenvalue weighted by atomic mass is 10.3. The standard InChI is InChI=1S/C11H9FN2O3/c1-13-9(15)6-10(16)14(11(13)17)8-4-2-7(12)3-5-8/h2-6,15H,1H3. The molecule has 0 aliphatic rings. The molecule has 5 nitrogen and oxygen atoms in total. The van der Waals surface area contributed by atoms with Crippen molar-refractivity contribution in [2.75, 3.05) is 0 Å². The zero-order chi connectivity index (χ0) is 12.6. The SMILES string of the molecule is Cn1c(O)cc(=O)n(-c2ccc(F)cc2)c1=O. The molecule has 1 aromatic heterocycles. The number of aromatic nitrogens is 2. The zero-order valence-corrected chi connectivity index (χ0v) is 8.92. The van der Waals surface area contributed by atoms with Gasteiger partial charge in [0.25, 0.3) is 5.56 Å². The highest BCUT2D eigenvalue weighted by Crippen LogP contribution is 2.06. The van der Waals surface area contributed by atoms with Crippen molar-refractivity contribution in [3.05, 3.63) is 57.0 Å². The second-order valence-corrected chi connectivity index (χ2v) is 3.49. The van der Waals surface area contributed by atoms with Crippen LogP contribution in [0.3, 0.4) is 0 Å². The Morgan fingerprint density at radius 2 is 1.76 bits per heavy atom. The van der Waals surface area contributed by atoms with E-state index >= 15 is 0 Å². The van der Waals surface area contributed by atoms with Crippen LogP contribution in [0.15, 0.2) is 39.9 Å². The van der Waals surface area contributed by atoms with Crippen LogP contribution in [0.4, 0.5) is 4.39 Å². The van der Waals surface area contributed by atoms with E-state index in [2.05, 4.69) is 0 Å². The molecular weight excluding hydrogens is 227 g/mol. The van der Waals surface area contributed by atoms with E-state index in [0.29, 0.717) is 0 Å². The second kappa shape index (κ2) is 3.89. The summed E-state index contributed by atoms with van der Waals surface area (Å²) in [6.45, 7) is 0. The van der Waals surface area contributed by atoms with E-state index in [0.717, 1.165) is 27.3 Å². The van der Waals surface area contributed by atoms with Gasteiger partial charge in [-0.2, -0.15) is 0 Å². The summed E-state index contributed by atoms with van der Waals surface area (Å²) in [6, 6.07) is 5.84. The van der Waals surface area contributed by atoms with Gasteiger partial charge in [0.15, 0.2) is 5.88 Å². The molecule has 0 amide bonds. The predicted molar refractivity (Wildman–Crippen MR) is 58.9 cm³/mol. The second-order valence-electron chi connectivity index (χ2n) is 3.49. The molecule has 0 spiro atoms. The van der Waals surface area contributed by atoms with Crippen molar-refractivity contribution >= 4 is 0 Å². The maximum atomic E-state index is 12.7. The molecule has 17 heavy (non-hydrogen) atoms. The van der Waals surface area contributed by atoms with Crippen molar-refractivity contribution in [1.29, 1.82) is 0 Å². The van der Waals surface area contributed by atoms with Crippen LogP contribution in [0.2, 0.25) is 0 Å². The highest BCUT2D eigenvalue weighted by molar-refractivity contribution is 5.32. The van der Waals surface area contributed by atoms with Crippen molar-refractivity contribution in [3.63, 3.8) is 0 Å². The monoisotopic (exact) mass is 236 g/mol. The normalized spacial score (nSPS) is 10.5. The molecule has 1 heterocycles. The van der Waals surface area contributed by atoms with Crippen molar-refractivity contribution in [2.45, 2.75) is 0 Å². The summed E-state index contributed by atoms with van der Waals surface area (Å²) in [5.41, 5.74) is -1.11. The van der Waals surface area contributed by atoms with Gasteiger partial charge in [-0.1, -0.05) is 0 Å². The summed E-state index contributed by atoms with van der Waals surface area (Å²) >= 11 is 0. The quantitative estimate of drug-likeness (QED) is 0.778. The first-order valence-electron chi connectivity index (χ1n) is 4.78. The van der Waals surface area contributed by atoms with E-state index in [1.54, 1.807) is 0 Å². The van der Waals surface area contributed by atoms with Crippen LogP contribution in [0.1, 0.15) is 0 Å². The van der Waals surface area contributed by atoms with Gasteiger partial charge in [-0.3, -0.25) is 9.36 Å². The third-order valence-corrected chi connectivity index (χ3v) is 2.38. The summed E-state index contributed by atoms with van der Waals surface area (Å²) in [7, 11) is 1.33.